The Kier molecular flexibility index (Phi) is 9.57. The number of benzene rings is 3. The Bertz CT molecular complexity index is 2350. The van der Waals surface area contributed by atoms with Crippen LogP contribution in [0.1, 0.15) is 89.5 Å². The maximum Gasteiger partial charge on any atom is 0.411 e. The Morgan fingerprint density at radius 3 is 2.43 bits per heavy atom. The number of aromatic hydroxyl groups is 2. The van der Waals surface area contributed by atoms with Gasteiger partial charge in [0.15, 0.2) is 40.0 Å². The number of aliphatic hydroxyl groups excluding tert-OH is 1. The lowest BCUT2D eigenvalue weighted by molar-refractivity contribution is -0.186. The van der Waals surface area contributed by atoms with Crippen molar-refractivity contribution in [3.8, 4) is 40.2 Å². The molecule has 3 aromatic carbocycles. The van der Waals surface area contributed by atoms with Gasteiger partial charge in [-0.2, -0.15) is 0 Å². The summed E-state index contributed by atoms with van der Waals surface area (Å²) in [6, 6.07) is 1.42. The van der Waals surface area contributed by atoms with E-state index in [-0.39, 0.29) is 54.3 Å². The van der Waals surface area contributed by atoms with Crippen LogP contribution in [0.3, 0.4) is 0 Å². The third-order valence-electron chi connectivity index (χ3n) is 12.6. The molecule has 0 radical (unpaired) electrons. The number of methoxy groups -OCH3 is 2. The minimum Gasteiger partial charge on any atom is -0.504 e. The molecule has 3 unspecified atom stereocenters. The van der Waals surface area contributed by atoms with Crippen LogP contribution in [0.5, 0.6) is 40.2 Å². The van der Waals surface area contributed by atoms with Crippen molar-refractivity contribution in [2.45, 2.75) is 101 Å². The van der Waals surface area contributed by atoms with Gasteiger partial charge in [-0.3, -0.25) is 19.9 Å². The van der Waals surface area contributed by atoms with Crippen LogP contribution in [0.15, 0.2) is 18.2 Å². The average molecular weight is 848 g/mol. The molecule has 1 amide bonds. The quantitative estimate of drug-likeness (QED) is 0.209. The topological polar surface area (TPSA) is 195 Å². The van der Waals surface area contributed by atoms with E-state index in [4.69, 9.17) is 33.2 Å². The number of amides is 1. The van der Waals surface area contributed by atoms with E-state index < -0.39 is 64.8 Å². The third-order valence-corrected chi connectivity index (χ3v) is 14.0. The molecule has 2 fully saturated rings. The second kappa shape index (κ2) is 14.2. The fourth-order valence-corrected chi connectivity index (χ4v) is 12.0. The first-order chi connectivity index (χ1) is 28.5. The first kappa shape index (κ1) is 40.3. The minimum absolute atomic E-state index is 0.0214. The molecule has 17 heteroatoms. The zero-order valence-electron chi connectivity index (χ0n) is 34.7. The first-order valence-electron chi connectivity index (χ1n) is 20.0. The molecule has 7 heterocycles. The number of thioether (sulfide) groups is 1. The number of nitrogens with zero attached hydrogens (tertiary/aromatic N) is 2. The Labute approximate surface area is 350 Å². The van der Waals surface area contributed by atoms with Gasteiger partial charge < -0.3 is 48.5 Å². The van der Waals surface area contributed by atoms with Crippen LogP contribution in [-0.4, -0.2) is 107 Å². The first-order valence-corrected chi connectivity index (χ1v) is 21.0. The summed E-state index contributed by atoms with van der Waals surface area (Å²) in [6.45, 7) is 10.1. The molecule has 16 nitrogen and oxygen atoms in total. The SMILES string of the molecule is COc1cc2c(cc1O)CCN[C@]21CS[C@@H]2c3c(OC(C)=O)c(C)c4c(c3[C@@H](COC1=O)N1C2C2c3c(cc(C)c(OC)c3O)CC([C@@H]1O)N2C(=O)OC(C)(C)C)OCO4. The fourth-order valence-electron chi connectivity index (χ4n) is 10.3. The number of phenolic OH excluding ortho intramolecular Hbond substituents is 2. The van der Waals surface area contributed by atoms with Gasteiger partial charge in [-0.05, 0) is 81.8 Å². The lowest BCUT2D eigenvalue weighted by Crippen LogP contribution is -2.71. The van der Waals surface area contributed by atoms with Crippen molar-refractivity contribution in [1.82, 2.24) is 15.1 Å². The smallest absolute Gasteiger partial charge is 0.411 e. The molecule has 1 spiro atoms. The predicted molar refractivity (Wildman–Crippen MR) is 215 cm³/mol. The molecule has 7 aliphatic heterocycles. The largest absolute Gasteiger partial charge is 0.504 e. The molecule has 0 saturated carbocycles. The minimum atomic E-state index is -1.47. The number of phenols is 2. The summed E-state index contributed by atoms with van der Waals surface area (Å²) in [4.78, 5) is 46.0. The Balaban J connectivity index is 1.34. The van der Waals surface area contributed by atoms with E-state index >= 15 is 0 Å². The van der Waals surface area contributed by atoms with Crippen LogP contribution in [-0.2, 0) is 37.4 Å². The second-order valence-electron chi connectivity index (χ2n) is 17.2. The van der Waals surface area contributed by atoms with Crippen molar-refractivity contribution in [2.24, 2.45) is 0 Å². The number of hydrogen-bond acceptors (Lipinski definition) is 16. The van der Waals surface area contributed by atoms with Gasteiger partial charge >= 0.3 is 18.0 Å². The number of hydrogen-bond donors (Lipinski definition) is 4. The fraction of sp³-hybridized carbons (Fsp3) is 0.512. The summed E-state index contributed by atoms with van der Waals surface area (Å²) in [5.41, 5.74) is 2.27. The van der Waals surface area contributed by atoms with E-state index in [1.807, 2.05) is 17.9 Å². The molecule has 7 aliphatic rings. The Morgan fingerprint density at radius 1 is 0.983 bits per heavy atom. The van der Waals surface area contributed by atoms with E-state index in [2.05, 4.69) is 5.32 Å². The standard InChI is InChI=1S/C43H49N3O13S/c1-18-11-22-12-24-39(50)45-25-15-55-40(51)43(23-14-27(53-7)26(48)13-21(23)9-10-44-43)16-60-38(30-29(25)37-36(56-17-57-37)19(2)35(30)58-20(3)47)32(45)31(28(22)33(49)34(18)54-8)46(24)41(52)59-42(4,5)6/h11,13-14,24-25,31-32,38-39,44,48-50H,9-10,12,15-17H2,1-8H3/t24?,25-,31?,32?,38-,39+,43-/m1/s1. The van der Waals surface area contributed by atoms with Crippen LogP contribution in [0, 0.1) is 13.8 Å². The van der Waals surface area contributed by atoms with E-state index in [0.717, 1.165) is 11.1 Å². The normalized spacial score (nSPS) is 27.6. The number of ether oxygens (including phenoxy) is 7. The van der Waals surface area contributed by atoms with Gasteiger partial charge in [-0.1, -0.05) is 6.07 Å². The highest BCUT2D eigenvalue weighted by Gasteiger charge is 2.63. The number of carbonyl (C=O) groups is 3. The van der Waals surface area contributed by atoms with Crippen molar-refractivity contribution in [3.05, 3.63) is 62.7 Å². The van der Waals surface area contributed by atoms with E-state index in [9.17, 15) is 29.7 Å². The summed E-state index contributed by atoms with van der Waals surface area (Å²) in [6.07, 6.45) is -1.41. The highest BCUT2D eigenvalue weighted by Crippen LogP contribution is 2.65. The lowest BCUT2D eigenvalue weighted by Gasteiger charge is -2.62. The van der Waals surface area contributed by atoms with Crippen LogP contribution in [0.2, 0.25) is 0 Å². The summed E-state index contributed by atoms with van der Waals surface area (Å²) in [5, 5.41) is 38.6. The van der Waals surface area contributed by atoms with Gasteiger partial charge in [0.05, 0.1) is 43.6 Å². The molecule has 4 N–H and O–H groups in total. The molecule has 10 rings (SSSR count). The maximum atomic E-state index is 14.8. The van der Waals surface area contributed by atoms with Crippen molar-refractivity contribution in [2.75, 3.05) is 39.9 Å². The van der Waals surface area contributed by atoms with Crippen molar-refractivity contribution >= 4 is 29.8 Å². The van der Waals surface area contributed by atoms with Gasteiger partial charge in [-0.15, -0.1) is 11.8 Å². The van der Waals surface area contributed by atoms with Crippen LogP contribution < -0.4 is 29.0 Å². The number of nitrogens with one attached hydrogen (secondary N) is 1. The average Bonchev–Trinajstić information content (AvgIpc) is 3.68. The van der Waals surface area contributed by atoms with E-state index in [0.29, 0.717) is 57.8 Å². The number of aliphatic hydroxyl groups is 1. The van der Waals surface area contributed by atoms with Crippen molar-refractivity contribution in [1.29, 1.82) is 0 Å². The molecule has 320 valence electrons. The van der Waals surface area contributed by atoms with E-state index in [1.54, 1.807) is 39.8 Å². The molecule has 3 aromatic rings. The van der Waals surface area contributed by atoms with Crippen LogP contribution >= 0.6 is 11.8 Å². The van der Waals surface area contributed by atoms with Gasteiger partial charge in [0.25, 0.3) is 0 Å². The van der Waals surface area contributed by atoms with Crippen molar-refractivity contribution < 1.29 is 62.9 Å². The molecule has 0 aromatic heterocycles. The summed E-state index contributed by atoms with van der Waals surface area (Å²) >= 11 is 1.34. The van der Waals surface area contributed by atoms with Crippen LogP contribution in [0.4, 0.5) is 4.79 Å². The summed E-state index contributed by atoms with van der Waals surface area (Å²) in [7, 11) is 2.90. The monoisotopic (exact) mass is 847 g/mol. The lowest BCUT2D eigenvalue weighted by atomic mass is 9.73. The number of fused-ring (bicyclic) bond motifs is 9. The van der Waals surface area contributed by atoms with Crippen LogP contribution in [0.25, 0.3) is 0 Å². The Morgan fingerprint density at radius 2 is 1.73 bits per heavy atom. The molecular weight excluding hydrogens is 799 g/mol. The summed E-state index contributed by atoms with van der Waals surface area (Å²) in [5.74, 6) is -0.0114. The second-order valence-corrected chi connectivity index (χ2v) is 18.3. The summed E-state index contributed by atoms with van der Waals surface area (Å²) < 4.78 is 42.1. The van der Waals surface area contributed by atoms with Gasteiger partial charge in [0.1, 0.15) is 24.2 Å². The molecule has 60 heavy (non-hydrogen) atoms. The van der Waals surface area contributed by atoms with Gasteiger partial charge in [0, 0.05) is 41.5 Å². The number of carbonyl (C=O) groups excluding carboxylic acids is 3. The highest BCUT2D eigenvalue weighted by molar-refractivity contribution is 7.99. The molecule has 7 atom stereocenters. The van der Waals surface area contributed by atoms with Gasteiger partial charge in [-0.25, -0.2) is 9.59 Å². The highest BCUT2D eigenvalue weighted by atomic mass is 32.2. The molecular formula is C43H49N3O13S. The third kappa shape index (κ3) is 5.86. The predicted octanol–water partition coefficient (Wildman–Crippen LogP) is 4.72. The van der Waals surface area contributed by atoms with Crippen molar-refractivity contribution in [3.63, 3.8) is 0 Å². The number of piperazine rings is 1. The van der Waals surface area contributed by atoms with Gasteiger partial charge in [0.2, 0.25) is 6.79 Å². The number of rotatable bonds is 3. The molecule has 0 aliphatic carbocycles. The Hall–Kier alpha value is -5.10. The van der Waals surface area contributed by atoms with E-state index in [1.165, 1.54) is 37.8 Å². The zero-order chi connectivity index (χ0) is 42.7. The number of esters is 2. The maximum absolute atomic E-state index is 14.8. The number of aryl methyl sites for hydroxylation is 1. The molecule has 4 bridgehead atoms. The zero-order valence-corrected chi connectivity index (χ0v) is 35.5. The molecule has 2 saturated heterocycles.